The van der Waals surface area contributed by atoms with Crippen molar-refractivity contribution in [1.29, 1.82) is 0 Å². The third kappa shape index (κ3) is 7.44. The lowest BCUT2D eigenvalue weighted by atomic mass is 10.0. The summed E-state index contributed by atoms with van der Waals surface area (Å²) in [5, 5.41) is 0. The van der Waals surface area contributed by atoms with E-state index in [0.717, 1.165) is 12.8 Å². The highest BCUT2D eigenvalue weighted by molar-refractivity contribution is 7.83. The Morgan fingerprint density at radius 1 is 1.12 bits per heavy atom. The van der Waals surface area contributed by atoms with Gasteiger partial charge in [-0.2, -0.15) is 12.6 Å². The molecule has 1 unspecified atom stereocenters. The number of rotatable bonds is 9. The van der Waals surface area contributed by atoms with Gasteiger partial charge in [-0.1, -0.05) is 51.9 Å². The highest BCUT2D eigenvalue weighted by Crippen LogP contribution is 2.24. The van der Waals surface area contributed by atoms with Crippen LogP contribution in [0, 0.1) is 0 Å². The quantitative estimate of drug-likeness (QED) is 0.371. The summed E-state index contributed by atoms with van der Waals surface area (Å²) in [4.78, 5) is 11.3. The molecule has 1 atom stereocenters. The summed E-state index contributed by atoms with van der Waals surface area (Å²) >= 11 is 7.81. The zero-order valence-corrected chi connectivity index (χ0v) is 12.2. The lowest BCUT2D eigenvalue weighted by Crippen LogP contribution is -2.29. The molecular formula is C12H24O2S2. The number of carbonyl (C=O) groups excluding carboxylic acids is 1. The van der Waals surface area contributed by atoms with E-state index in [0.29, 0.717) is 0 Å². The first kappa shape index (κ1) is 16.2. The van der Waals surface area contributed by atoms with Crippen LogP contribution in [0.25, 0.3) is 0 Å². The van der Waals surface area contributed by atoms with Crippen molar-refractivity contribution in [3.05, 3.63) is 0 Å². The predicted octanol–water partition coefficient (Wildman–Crippen LogP) is 4.20. The minimum Gasteiger partial charge on any atom is -0.394 e. The Morgan fingerprint density at radius 2 is 1.62 bits per heavy atom. The second kappa shape index (κ2) is 9.23. The minimum atomic E-state index is -0.689. The molecule has 0 saturated heterocycles. The fourth-order valence-corrected chi connectivity index (χ4v) is 2.10. The van der Waals surface area contributed by atoms with Gasteiger partial charge < -0.3 is 4.18 Å². The van der Waals surface area contributed by atoms with Crippen LogP contribution >= 0.6 is 25.5 Å². The van der Waals surface area contributed by atoms with Crippen molar-refractivity contribution < 1.29 is 8.98 Å². The van der Waals surface area contributed by atoms with E-state index in [1.54, 1.807) is 6.92 Å². The van der Waals surface area contributed by atoms with E-state index < -0.39 is 4.75 Å². The van der Waals surface area contributed by atoms with Crippen LogP contribution in [0.3, 0.4) is 0 Å². The van der Waals surface area contributed by atoms with Crippen molar-refractivity contribution in [3.63, 3.8) is 0 Å². The van der Waals surface area contributed by atoms with Crippen molar-refractivity contribution in [3.8, 4) is 0 Å². The molecule has 96 valence electrons. The SMILES string of the molecule is CCCCCCCCCC(C)(S)C(=O)OS. The summed E-state index contributed by atoms with van der Waals surface area (Å²) in [5.41, 5.74) is 0. The molecular weight excluding hydrogens is 240 g/mol. The Labute approximate surface area is 111 Å². The number of thiol groups is 2. The number of unbranched alkanes of at least 4 members (excludes halogenated alkanes) is 6. The molecule has 0 aromatic carbocycles. The van der Waals surface area contributed by atoms with Crippen LogP contribution in [0.5, 0.6) is 0 Å². The fraction of sp³-hybridized carbons (Fsp3) is 0.917. The van der Waals surface area contributed by atoms with Crippen LogP contribution in [-0.4, -0.2) is 10.7 Å². The predicted molar refractivity (Wildman–Crippen MR) is 75.1 cm³/mol. The van der Waals surface area contributed by atoms with E-state index in [1.165, 1.54) is 38.5 Å². The Kier molecular flexibility index (Phi) is 9.32. The lowest BCUT2D eigenvalue weighted by molar-refractivity contribution is -0.135. The molecule has 0 aromatic heterocycles. The zero-order chi connectivity index (χ0) is 12.4. The summed E-state index contributed by atoms with van der Waals surface area (Å²) in [6.45, 7) is 4.00. The summed E-state index contributed by atoms with van der Waals surface area (Å²) < 4.78 is 3.71. The van der Waals surface area contributed by atoms with E-state index in [2.05, 4.69) is 36.6 Å². The van der Waals surface area contributed by atoms with Gasteiger partial charge >= 0.3 is 5.97 Å². The summed E-state index contributed by atoms with van der Waals surface area (Å²) in [5.74, 6) is -0.356. The molecule has 0 saturated carbocycles. The first-order valence-corrected chi connectivity index (χ1v) is 6.94. The van der Waals surface area contributed by atoms with Gasteiger partial charge in [0.05, 0.1) is 0 Å². The second-order valence-electron chi connectivity index (χ2n) is 4.52. The molecule has 0 rings (SSSR count). The Morgan fingerprint density at radius 3 is 2.12 bits per heavy atom. The monoisotopic (exact) mass is 264 g/mol. The molecule has 0 N–H and O–H groups in total. The van der Waals surface area contributed by atoms with Gasteiger partial charge in [-0.25, -0.2) is 4.79 Å². The fourth-order valence-electron chi connectivity index (χ4n) is 1.63. The van der Waals surface area contributed by atoms with E-state index in [1.807, 2.05) is 0 Å². The molecule has 0 bridgehead atoms. The molecule has 0 amide bonds. The Bertz CT molecular complexity index is 193. The maximum atomic E-state index is 11.3. The van der Waals surface area contributed by atoms with Gasteiger partial charge in [0, 0.05) is 12.9 Å². The van der Waals surface area contributed by atoms with E-state index in [4.69, 9.17) is 0 Å². The topological polar surface area (TPSA) is 26.3 Å². The molecule has 0 radical (unpaired) electrons. The molecule has 0 aliphatic rings. The van der Waals surface area contributed by atoms with Gasteiger partial charge in [0.15, 0.2) is 0 Å². The molecule has 0 heterocycles. The Hall–Kier alpha value is 0.170. The van der Waals surface area contributed by atoms with Crippen LogP contribution in [-0.2, 0) is 8.98 Å². The molecule has 0 aromatic rings. The maximum Gasteiger partial charge on any atom is 0.333 e. The molecule has 2 nitrogen and oxygen atoms in total. The van der Waals surface area contributed by atoms with Crippen LogP contribution in [0.4, 0.5) is 0 Å². The Balaban J connectivity index is 3.47. The highest BCUT2D eigenvalue weighted by Gasteiger charge is 2.29. The largest absolute Gasteiger partial charge is 0.394 e. The van der Waals surface area contributed by atoms with Crippen LogP contribution < -0.4 is 0 Å². The van der Waals surface area contributed by atoms with Crippen LogP contribution in [0.1, 0.15) is 65.2 Å². The lowest BCUT2D eigenvalue weighted by Gasteiger charge is -2.19. The van der Waals surface area contributed by atoms with Crippen molar-refractivity contribution in [1.82, 2.24) is 0 Å². The normalized spacial score (nSPS) is 14.5. The third-order valence-corrected chi connectivity index (χ3v) is 3.36. The summed E-state index contributed by atoms with van der Waals surface area (Å²) in [7, 11) is 0. The van der Waals surface area contributed by atoms with Crippen molar-refractivity contribution in [2.24, 2.45) is 0 Å². The van der Waals surface area contributed by atoms with Crippen LogP contribution in [0.15, 0.2) is 0 Å². The standard InChI is InChI=1S/C12H24O2S2/c1-3-4-5-6-7-8-9-10-12(2,15)11(13)14-16/h15-16H,3-10H2,1-2H3. The number of hydrogen-bond acceptors (Lipinski definition) is 4. The average Bonchev–Trinajstić information content (AvgIpc) is 2.26. The minimum absolute atomic E-state index is 0.356. The van der Waals surface area contributed by atoms with Crippen molar-refractivity contribution in [2.45, 2.75) is 70.0 Å². The molecule has 4 heteroatoms. The third-order valence-electron chi connectivity index (χ3n) is 2.79. The zero-order valence-electron chi connectivity index (χ0n) is 10.4. The summed E-state index contributed by atoms with van der Waals surface area (Å²) in [6, 6.07) is 0. The second-order valence-corrected chi connectivity index (χ2v) is 5.69. The smallest absolute Gasteiger partial charge is 0.333 e. The molecule has 16 heavy (non-hydrogen) atoms. The first-order valence-electron chi connectivity index (χ1n) is 6.13. The van der Waals surface area contributed by atoms with Crippen LogP contribution in [0.2, 0.25) is 0 Å². The van der Waals surface area contributed by atoms with E-state index in [-0.39, 0.29) is 5.97 Å². The van der Waals surface area contributed by atoms with Gasteiger partial charge in [0.2, 0.25) is 0 Å². The van der Waals surface area contributed by atoms with Gasteiger partial charge in [-0.15, -0.1) is 0 Å². The molecule has 0 aliphatic carbocycles. The first-order chi connectivity index (χ1) is 7.54. The van der Waals surface area contributed by atoms with E-state index >= 15 is 0 Å². The van der Waals surface area contributed by atoms with Gasteiger partial charge in [0.25, 0.3) is 0 Å². The van der Waals surface area contributed by atoms with Crippen molar-refractivity contribution in [2.75, 3.05) is 0 Å². The van der Waals surface area contributed by atoms with Crippen molar-refractivity contribution >= 4 is 31.5 Å². The average molecular weight is 264 g/mol. The number of hydrogen-bond donors (Lipinski definition) is 2. The molecule has 0 aliphatic heterocycles. The number of carbonyl (C=O) groups is 1. The summed E-state index contributed by atoms with van der Waals surface area (Å²) in [6.07, 6.45) is 9.43. The van der Waals surface area contributed by atoms with E-state index in [9.17, 15) is 4.79 Å². The van der Waals surface area contributed by atoms with Gasteiger partial charge in [-0.3, -0.25) is 0 Å². The van der Waals surface area contributed by atoms with Gasteiger partial charge in [0.1, 0.15) is 4.75 Å². The van der Waals surface area contributed by atoms with Gasteiger partial charge in [-0.05, 0) is 13.3 Å². The maximum absolute atomic E-state index is 11.3. The highest BCUT2D eigenvalue weighted by atomic mass is 32.1. The molecule has 0 fully saturated rings. The molecule has 0 spiro atoms.